The zero-order valence-corrected chi connectivity index (χ0v) is 12.4. The number of thiophene rings is 1. The summed E-state index contributed by atoms with van der Waals surface area (Å²) in [6.07, 6.45) is 1.79. The minimum absolute atomic E-state index is 0.0524. The molecule has 1 saturated carbocycles. The van der Waals surface area contributed by atoms with Crippen LogP contribution in [-0.2, 0) is 4.79 Å². The number of hydrogen-bond donors (Lipinski definition) is 2. The lowest BCUT2D eigenvalue weighted by Gasteiger charge is -2.05. The van der Waals surface area contributed by atoms with E-state index in [1.807, 2.05) is 31.2 Å². The molecule has 2 aromatic rings. The molecule has 1 aromatic heterocycles. The van der Waals surface area contributed by atoms with Gasteiger partial charge in [0, 0.05) is 16.9 Å². The van der Waals surface area contributed by atoms with Crippen molar-refractivity contribution in [1.82, 2.24) is 0 Å². The van der Waals surface area contributed by atoms with E-state index in [-0.39, 0.29) is 17.4 Å². The number of rotatable bonds is 4. The Balaban J connectivity index is 1.97. The van der Waals surface area contributed by atoms with Crippen LogP contribution >= 0.6 is 11.3 Å². The van der Waals surface area contributed by atoms with Crippen LogP contribution in [0.5, 0.6) is 0 Å². The minimum atomic E-state index is -1.02. The van der Waals surface area contributed by atoms with Gasteiger partial charge in [-0.1, -0.05) is 29.8 Å². The molecule has 2 N–H and O–H groups in total. The fourth-order valence-corrected chi connectivity index (χ4v) is 3.13. The number of nitrogens with one attached hydrogen (secondary N) is 1. The van der Waals surface area contributed by atoms with E-state index in [9.17, 15) is 14.7 Å². The number of carboxylic acids is 1. The highest BCUT2D eigenvalue weighted by atomic mass is 32.1. The zero-order valence-electron chi connectivity index (χ0n) is 11.6. The largest absolute Gasteiger partial charge is 0.478 e. The predicted octanol–water partition coefficient (Wildman–Crippen LogP) is 3.77. The van der Waals surface area contributed by atoms with Gasteiger partial charge in [0.05, 0.1) is 0 Å². The maximum Gasteiger partial charge on any atom is 0.339 e. The van der Waals surface area contributed by atoms with Gasteiger partial charge in [-0.15, -0.1) is 11.3 Å². The number of aromatic carboxylic acids is 1. The van der Waals surface area contributed by atoms with Crippen molar-refractivity contribution in [2.45, 2.75) is 19.8 Å². The highest BCUT2D eigenvalue weighted by Crippen LogP contribution is 2.37. The van der Waals surface area contributed by atoms with Crippen LogP contribution < -0.4 is 5.32 Å². The van der Waals surface area contributed by atoms with E-state index >= 15 is 0 Å². The lowest BCUT2D eigenvalue weighted by Crippen LogP contribution is -2.14. The average molecular weight is 301 g/mol. The van der Waals surface area contributed by atoms with Crippen LogP contribution in [0.1, 0.15) is 28.8 Å². The van der Waals surface area contributed by atoms with Crippen LogP contribution in [0.15, 0.2) is 29.6 Å². The molecule has 0 saturated heterocycles. The number of amides is 1. The molecule has 0 spiro atoms. The van der Waals surface area contributed by atoms with Crippen molar-refractivity contribution in [3.8, 4) is 11.1 Å². The third kappa shape index (κ3) is 2.83. The van der Waals surface area contributed by atoms with E-state index in [1.54, 1.807) is 5.38 Å². The lowest BCUT2D eigenvalue weighted by atomic mass is 10.0. The van der Waals surface area contributed by atoms with Gasteiger partial charge in [0.2, 0.25) is 5.91 Å². The first-order valence-corrected chi connectivity index (χ1v) is 7.67. The van der Waals surface area contributed by atoms with Crippen molar-refractivity contribution >= 4 is 28.2 Å². The fourth-order valence-electron chi connectivity index (χ4n) is 2.17. The average Bonchev–Trinajstić information content (AvgIpc) is 3.21. The fraction of sp³-hybridized carbons (Fsp3) is 0.250. The Bertz CT molecular complexity index is 699. The molecule has 1 aromatic carbocycles. The summed E-state index contributed by atoms with van der Waals surface area (Å²) < 4.78 is 0. The van der Waals surface area contributed by atoms with Crippen LogP contribution in [0, 0.1) is 12.8 Å². The summed E-state index contributed by atoms with van der Waals surface area (Å²) in [5, 5.41) is 14.4. The number of anilines is 1. The summed E-state index contributed by atoms with van der Waals surface area (Å²) in [6.45, 7) is 1.98. The first-order valence-electron chi connectivity index (χ1n) is 6.79. The van der Waals surface area contributed by atoms with Gasteiger partial charge >= 0.3 is 5.97 Å². The van der Waals surface area contributed by atoms with Gasteiger partial charge in [0.1, 0.15) is 10.6 Å². The van der Waals surface area contributed by atoms with Crippen LogP contribution in [0.3, 0.4) is 0 Å². The van der Waals surface area contributed by atoms with Crippen molar-refractivity contribution in [3.05, 3.63) is 40.8 Å². The Morgan fingerprint density at radius 2 is 1.90 bits per heavy atom. The second-order valence-corrected chi connectivity index (χ2v) is 6.17. The van der Waals surface area contributed by atoms with E-state index in [2.05, 4.69) is 5.32 Å². The van der Waals surface area contributed by atoms with E-state index in [0.717, 1.165) is 24.0 Å². The standard InChI is InChI=1S/C16H15NO3S/c1-9-2-4-10(5-3-9)12-8-21-15(13(12)16(19)20)17-14(18)11-6-7-11/h2-5,8,11H,6-7H2,1H3,(H,17,18)(H,19,20). The molecule has 0 radical (unpaired) electrons. The molecule has 108 valence electrons. The summed E-state index contributed by atoms with van der Waals surface area (Å²) in [7, 11) is 0. The summed E-state index contributed by atoms with van der Waals surface area (Å²) >= 11 is 1.26. The van der Waals surface area contributed by atoms with E-state index in [1.165, 1.54) is 11.3 Å². The Labute approximate surface area is 126 Å². The van der Waals surface area contributed by atoms with Gasteiger partial charge in [0.15, 0.2) is 0 Å². The second kappa shape index (κ2) is 5.33. The summed E-state index contributed by atoms with van der Waals surface area (Å²) in [4.78, 5) is 23.4. The topological polar surface area (TPSA) is 66.4 Å². The Kier molecular flexibility index (Phi) is 3.51. The molecule has 0 aliphatic heterocycles. The zero-order chi connectivity index (χ0) is 15.0. The van der Waals surface area contributed by atoms with Crippen LogP contribution in [0.2, 0.25) is 0 Å². The molecule has 1 aliphatic rings. The molecule has 3 rings (SSSR count). The molecule has 21 heavy (non-hydrogen) atoms. The van der Waals surface area contributed by atoms with Crippen molar-refractivity contribution < 1.29 is 14.7 Å². The predicted molar refractivity (Wildman–Crippen MR) is 82.8 cm³/mol. The molecule has 0 unspecified atom stereocenters. The van der Waals surface area contributed by atoms with Gasteiger partial charge in [-0.3, -0.25) is 4.79 Å². The van der Waals surface area contributed by atoms with Gasteiger partial charge in [-0.05, 0) is 25.3 Å². The normalized spacial score (nSPS) is 14.0. The molecule has 1 fully saturated rings. The van der Waals surface area contributed by atoms with Crippen LogP contribution in [0.4, 0.5) is 5.00 Å². The van der Waals surface area contributed by atoms with Gasteiger partial charge in [-0.2, -0.15) is 0 Å². The van der Waals surface area contributed by atoms with Crippen molar-refractivity contribution in [3.63, 3.8) is 0 Å². The SMILES string of the molecule is Cc1ccc(-c2csc(NC(=O)C3CC3)c2C(=O)O)cc1. The van der Waals surface area contributed by atoms with Gasteiger partial charge < -0.3 is 10.4 Å². The molecule has 5 heteroatoms. The Morgan fingerprint density at radius 3 is 2.48 bits per heavy atom. The summed E-state index contributed by atoms with van der Waals surface area (Å²) in [5.41, 5.74) is 2.80. The Morgan fingerprint density at radius 1 is 1.24 bits per heavy atom. The number of carbonyl (C=O) groups is 2. The molecule has 1 amide bonds. The summed E-state index contributed by atoms with van der Waals surface area (Å²) in [5.74, 6) is -1.04. The number of carbonyl (C=O) groups excluding carboxylic acids is 1. The molecule has 0 atom stereocenters. The monoisotopic (exact) mass is 301 g/mol. The molecular formula is C16H15NO3S. The maximum atomic E-state index is 11.8. The van der Waals surface area contributed by atoms with Crippen LogP contribution in [-0.4, -0.2) is 17.0 Å². The highest BCUT2D eigenvalue weighted by molar-refractivity contribution is 7.15. The maximum absolute atomic E-state index is 11.8. The number of hydrogen-bond acceptors (Lipinski definition) is 3. The van der Waals surface area contributed by atoms with Crippen molar-refractivity contribution in [1.29, 1.82) is 0 Å². The van der Waals surface area contributed by atoms with Crippen molar-refractivity contribution in [2.75, 3.05) is 5.32 Å². The van der Waals surface area contributed by atoms with E-state index in [0.29, 0.717) is 10.6 Å². The van der Waals surface area contributed by atoms with Crippen molar-refractivity contribution in [2.24, 2.45) is 5.92 Å². The number of carboxylic acid groups (broad SMARTS) is 1. The number of aryl methyl sites for hydroxylation is 1. The first-order chi connectivity index (χ1) is 10.1. The molecule has 0 bridgehead atoms. The second-order valence-electron chi connectivity index (χ2n) is 5.29. The van der Waals surface area contributed by atoms with Crippen LogP contribution in [0.25, 0.3) is 11.1 Å². The minimum Gasteiger partial charge on any atom is -0.478 e. The summed E-state index contributed by atoms with van der Waals surface area (Å²) in [6, 6.07) is 7.69. The number of benzene rings is 1. The molecule has 1 aliphatic carbocycles. The lowest BCUT2D eigenvalue weighted by molar-refractivity contribution is -0.117. The Hall–Kier alpha value is -2.14. The van der Waals surface area contributed by atoms with E-state index < -0.39 is 5.97 Å². The van der Waals surface area contributed by atoms with Gasteiger partial charge in [0.25, 0.3) is 0 Å². The smallest absolute Gasteiger partial charge is 0.339 e. The van der Waals surface area contributed by atoms with Gasteiger partial charge in [-0.25, -0.2) is 4.79 Å². The third-order valence-corrected chi connectivity index (χ3v) is 4.45. The molecule has 4 nitrogen and oxygen atoms in total. The molecular weight excluding hydrogens is 286 g/mol. The highest BCUT2D eigenvalue weighted by Gasteiger charge is 2.31. The quantitative estimate of drug-likeness (QED) is 0.903. The first kappa shape index (κ1) is 13.8. The van der Waals surface area contributed by atoms with E-state index in [4.69, 9.17) is 0 Å². The third-order valence-electron chi connectivity index (χ3n) is 3.55. The molecule has 1 heterocycles.